The van der Waals surface area contributed by atoms with Gasteiger partial charge in [0.2, 0.25) is 0 Å². The summed E-state index contributed by atoms with van der Waals surface area (Å²) in [5.74, 6) is -0.242. The summed E-state index contributed by atoms with van der Waals surface area (Å²) in [6.07, 6.45) is 1.58. The van der Waals surface area contributed by atoms with Gasteiger partial charge in [-0.1, -0.05) is 12.1 Å². The van der Waals surface area contributed by atoms with Gasteiger partial charge < -0.3 is 11.1 Å². The molecule has 0 spiro atoms. The summed E-state index contributed by atoms with van der Waals surface area (Å²) in [6, 6.07) is 10.6. The molecule has 4 nitrogen and oxygen atoms in total. The van der Waals surface area contributed by atoms with Crippen LogP contribution >= 0.6 is 0 Å². The number of nitrogens with zero attached hydrogens (tertiary/aromatic N) is 1. The number of carbonyl (C=O) groups is 1. The number of carbonyl (C=O) groups excluding carboxylic acids is 1. The Labute approximate surface area is 99.5 Å². The lowest BCUT2D eigenvalue weighted by Crippen LogP contribution is -2.13. The van der Waals surface area contributed by atoms with E-state index in [1.54, 1.807) is 30.5 Å². The van der Waals surface area contributed by atoms with Crippen LogP contribution in [-0.4, -0.2) is 10.9 Å². The molecule has 2 rings (SSSR count). The molecule has 86 valence electrons. The minimum atomic E-state index is -0.242. The fourth-order valence-electron chi connectivity index (χ4n) is 1.41. The van der Waals surface area contributed by atoms with Gasteiger partial charge in [0.15, 0.2) is 0 Å². The maximum atomic E-state index is 11.8. The predicted molar refractivity (Wildman–Crippen MR) is 67.8 cm³/mol. The topological polar surface area (TPSA) is 68.0 Å². The van der Waals surface area contributed by atoms with Crippen molar-refractivity contribution >= 4 is 17.3 Å². The lowest BCUT2D eigenvalue weighted by Gasteiger charge is -2.06. The van der Waals surface area contributed by atoms with Crippen LogP contribution in [0.25, 0.3) is 0 Å². The number of amides is 1. The number of aryl methyl sites for hydroxylation is 1. The van der Waals surface area contributed by atoms with Crippen molar-refractivity contribution in [3.05, 3.63) is 53.9 Å². The summed E-state index contributed by atoms with van der Waals surface area (Å²) in [5, 5.41) is 2.74. The van der Waals surface area contributed by atoms with Crippen LogP contribution in [0.4, 0.5) is 11.4 Å². The molecule has 0 unspecified atom stereocenters. The number of pyridine rings is 1. The third-order valence-electron chi connectivity index (χ3n) is 2.43. The molecule has 4 heteroatoms. The number of nitrogens with two attached hydrogens (primary N) is 1. The first-order chi connectivity index (χ1) is 8.16. The van der Waals surface area contributed by atoms with Gasteiger partial charge >= 0.3 is 0 Å². The second-order valence-electron chi connectivity index (χ2n) is 3.74. The van der Waals surface area contributed by atoms with Crippen molar-refractivity contribution in [3.63, 3.8) is 0 Å². The zero-order valence-corrected chi connectivity index (χ0v) is 9.47. The number of rotatable bonds is 2. The Hall–Kier alpha value is -2.36. The van der Waals surface area contributed by atoms with E-state index in [1.165, 1.54) is 0 Å². The van der Waals surface area contributed by atoms with Gasteiger partial charge in [-0.2, -0.15) is 0 Å². The standard InChI is InChI=1S/C13H13N3O/c1-9-5-6-10(8-11(9)14)16-13(17)12-4-2-3-7-15-12/h2-8H,14H2,1H3,(H,16,17). The minimum absolute atomic E-state index is 0.242. The quantitative estimate of drug-likeness (QED) is 0.773. The molecule has 0 aliphatic heterocycles. The number of nitrogen functional groups attached to an aromatic ring is 1. The molecule has 0 fully saturated rings. The molecular formula is C13H13N3O. The smallest absolute Gasteiger partial charge is 0.274 e. The van der Waals surface area contributed by atoms with Gasteiger partial charge in [0.1, 0.15) is 5.69 Å². The number of nitrogens with one attached hydrogen (secondary N) is 1. The van der Waals surface area contributed by atoms with Gasteiger partial charge in [0, 0.05) is 17.6 Å². The molecular weight excluding hydrogens is 214 g/mol. The van der Waals surface area contributed by atoms with E-state index in [0.717, 1.165) is 5.56 Å². The van der Waals surface area contributed by atoms with E-state index in [1.807, 2.05) is 19.1 Å². The van der Waals surface area contributed by atoms with E-state index in [4.69, 9.17) is 5.73 Å². The van der Waals surface area contributed by atoms with Crippen LogP contribution in [-0.2, 0) is 0 Å². The average molecular weight is 227 g/mol. The molecule has 0 aliphatic rings. The Morgan fingerprint density at radius 1 is 1.29 bits per heavy atom. The molecule has 0 bridgehead atoms. The Kier molecular flexibility index (Phi) is 3.05. The van der Waals surface area contributed by atoms with Gasteiger partial charge in [-0.3, -0.25) is 9.78 Å². The van der Waals surface area contributed by atoms with E-state index in [-0.39, 0.29) is 5.91 Å². The van der Waals surface area contributed by atoms with Crippen LogP contribution in [0.2, 0.25) is 0 Å². The molecule has 1 aromatic carbocycles. The monoisotopic (exact) mass is 227 g/mol. The highest BCUT2D eigenvalue weighted by atomic mass is 16.1. The number of benzene rings is 1. The van der Waals surface area contributed by atoms with Crippen molar-refractivity contribution in [2.75, 3.05) is 11.1 Å². The van der Waals surface area contributed by atoms with Crippen molar-refractivity contribution < 1.29 is 4.79 Å². The van der Waals surface area contributed by atoms with Crippen LogP contribution in [0, 0.1) is 6.92 Å². The second-order valence-corrected chi connectivity index (χ2v) is 3.74. The summed E-state index contributed by atoms with van der Waals surface area (Å²) in [6.45, 7) is 1.92. The van der Waals surface area contributed by atoms with Crippen LogP contribution < -0.4 is 11.1 Å². The molecule has 0 saturated carbocycles. The molecule has 0 saturated heterocycles. The summed E-state index contributed by atoms with van der Waals surface area (Å²) in [4.78, 5) is 15.8. The molecule has 0 radical (unpaired) electrons. The summed E-state index contributed by atoms with van der Waals surface area (Å²) in [5.41, 5.74) is 8.46. The van der Waals surface area contributed by atoms with Crippen molar-refractivity contribution in [2.24, 2.45) is 0 Å². The van der Waals surface area contributed by atoms with E-state index >= 15 is 0 Å². The molecule has 1 amide bonds. The Balaban J connectivity index is 2.16. The van der Waals surface area contributed by atoms with Crippen molar-refractivity contribution in [3.8, 4) is 0 Å². The van der Waals surface area contributed by atoms with Crippen molar-refractivity contribution in [1.29, 1.82) is 0 Å². The van der Waals surface area contributed by atoms with Crippen molar-refractivity contribution in [1.82, 2.24) is 4.98 Å². The minimum Gasteiger partial charge on any atom is -0.398 e. The molecule has 0 atom stereocenters. The summed E-state index contributed by atoms with van der Waals surface area (Å²) < 4.78 is 0. The summed E-state index contributed by atoms with van der Waals surface area (Å²) in [7, 11) is 0. The maximum absolute atomic E-state index is 11.8. The highest BCUT2D eigenvalue weighted by molar-refractivity contribution is 6.03. The third-order valence-corrected chi connectivity index (χ3v) is 2.43. The predicted octanol–water partition coefficient (Wildman–Crippen LogP) is 2.22. The Morgan fingerprint density at radius 3 is 2.76 bits per heavy atom. The van der Waals surface area contributed by atoms with E-state index in [2.05, 4.69) is 10.3 Å². The molecule has 0 aliphatic carbocycles. The van der Waals surface area contributed by atoms with E-state index < -0.39 is 0 Å². The van der Waals surface area contributed by atoms with Gasteiger partial charge in [-0.05, 0) is 36.8 Å². The SMILES string of the molecule is Cc1ccc(NC(=O)c2ccccn2)cc1N. The number of hydrogen-bond donors (Lipinski definition) is 2. The number of anilines is 2. The number of hydrogen-bond acceptors (Lipinski definition) is 3. The molecule has 3 N–H and O–H groups in total. The zero-order chi connectivity index (χ0) is 12.3. The van der Waals surface area contributed by atoms with Gasteiger partial charge in [-0.15, -0.1) is 0 Å². The highest BCUT2D eigenvalue weighted by Crippen LogP contribution is 2.17. The zero-order valence-electron chi connectivity index (χ0n) is 9.47. The van der Waals surface area contributed by atoms with E-state index in [0.29, 0.717) is 17.1 Å². The first-order valence-corrected chi connectivity index (χ1v) is 5.25. The Morgan fingerprint density at radius 2 is 2.12 bits per heavy atom. The second kappa shape index (κ2) is 4.65. The maximum Gasteiger partial charge on any atom is 0.274 e. The normalized spacial score (nSPS) is 9.94. The van der Waals surface area contributed by atoms with E-state index in [9.17, 15) is 4.79 Å². The largest absolute Gasteiger partial charge is 0.398 e. The molecule has 2 aromatic rings. The van der Waals surface area contributed by atoms with Crippen LogP contribution in [0.3, 0.4) is 0 Å². The fraction of sp³-hybridized carbons (Fsp3) is 0.0769. The summed E-state index contributed by atoms with van der Waals surface area (Å²) >= 11 is 0. The lowest BCUT2D eigenvalue weighted by atomic mass is 10.2. The Bertz CT molecular complexity index is 538. The van der Waals surface area contributed by atoms with Crippen LogP contribution in [0.1, 0.15) is 16.1 Å². The number of aromatic nitrogens is 1. The first-order valence-electron chi connectivity index (χ1n) is 5.25. The van der Waals surface area contributed by atoms with Gasteiger partial charge in [0.25, 0.3) is 5.91 Å². The lowest BCUT2D eigenvalue weighted by molar-refractivity contribution is 0.102. The first kappa shape index (κ1) is 11.1. The highest BCUT2D eigenvalue weighted by Gasteiger charge is 2.06. The molecule has 1 heterocycles. The van der Waals surface area contributed by atoms with Gasteiger partial charge in [0.05, 0.1) is 0 Å². The van der Waals surface area contributed by atoms with Crippen molar-refractivity contribution in [2.45, 2.75) is 6.92 Å². The third kappa shape index (κ3) is 2.60. The average Bonchev–Trinajstić information content (AvgIpc) is 2.35. The van der Waals surface area contributed by atoms with Crippen LogP contribution in [0.5, 0.6) is 0 Å². The molecule has 1 aromatic heterocycles. The fourth-order valence-corrected chi connectivity index (χ4v) is 1.41. The van der Waals surface area contributed by atoms with Crippen LogP contribution in [0.15, 0.2) is 42.6 Å². The van der Waals surface area contributed by atoms with Gasteiger partial charge in [-0.25, -0.2) is 0 Å². The molecule has 17 heavy (non-hydrogen) atoms.